The van der Waals surface area contributed by atoms with E-state index in [9.17, 15) is 18.3 Å². The molecule has 3 aromatic rings. The van der Waals surface area contributed by atoms with Crippen molar-refractivity contribution in [1.29, 1.82) is 0 Å². The molecule has 1 radical (unpaired) electrons. The Balaban J connectivity index is 2.35. The average molecular weight is 531 g/mol. The lowest BCUT2D eigenvalue weighted by Crippen LogP contribution is -2.50. The number of aryl methyl sites for hydroxylation is 1. The van der Waals surface area contributed by atoms with Gasteiger partial charge in [0.05, 0.1) is 22.7 Å². The lowest BCUT2D eigenvalue weighted by molar-refractivity contribution is -0.0893. The lowest BCUT2D eigenvalue weighted by Gasteiger charge is -2.37. The van der Waals surface area contributed by atoms with Gasteiger partial charge in [0, 0.05) is 16.2 Å². The first-order chi connectivity index (χ1) is 16.7. The molecule has 1 N–H and O–H groups in total. The summed E-state index contributed by atoms with van der Waals surface area (Å²) in [6, 6.07) is 14.5. The Hall–Kier alpha value is -2.59. The fourth-order valence-corrected chi connectivity index (χ4v) is 5.06. The third-order valence-corrected chi connectivity index (χ3v) is 8.15. The van der Waals surface area contributed by atoms with Crippen LogP contribution >= 0.6 is 11.6 Å². The minimum atomic E-state index is -4.27. The number of ether oxygens (including phenoxy) is 1. The second kappa shape index (κ2) is 10.4. The number of benzene rings is 2. The first-order valence-electron chi connectivity index (χ1n) is 11.4. The van der Waals surface area contributed by atoms with E-state index in [1.807, 2.05) is 6.92 Å². The highest BCUT2D eigenvalue weighted by Crippen LogP contribution is 2.32. The summed E-state index contributed by atoms with van der Waals surface area (Å²) in [5, 5.41) is 11.0. The molecule has 0 aliphatic heterocycles. The van der Waals surface area contributed by atoms with Crippen molar-refractivity contribution < 1.29 is 27.7 Å². The van der Waals surface area contributed by atoms with Gasteiger partial charge in [-0.3, -0.25) is 0 Å². The van der Waals surface area contributed by atoms with E-state index in [0.717, 1.165) is 9.54 Å². The molecule has 2 aromatic carbocycles. The van der Waals surface area contributed by atoms with Gasteiger partial charge in [-0.05, 0) is 83.0 Å². The minimum absolute atomic E-state index is 0.0167. The van der Waals surface area contributed by atoms with Crippen molar-refractivity contribution in [3.05, 3.63) is 70.9 Å². The molecule has 0 spiro atoms. The maximum atomic E-state index is 13.9. The van der Waals surface area contributed by atoms with Gasteiger partial charge in [-0.25, -0.2) is 17.2 Å². The number of halogens is 1. The zero-order valence-electron chi connectivity index (χ0n) is 21.2. The van der Waals surface area contributed by atoms with Crippen LogP contribution in [0.4, 0.5) is 0 Å². The van der Waals surface area contributed by atoms with Crippen LogP contribution in [0.3, 0.4) is 0 Å². The maximum Gasteiger partial charge on any atom is 0.356 e. The molecule has 1 aromatic heterocycles. The van der Waals surface area contributed by atoms with E-state index in [0.29, 0.717) is 16.1 Å². The molecule has 0 aliphatic rings. The summed E-state index contributed by atoms with van der Waals surface area (Å²) in [4.78, 5) is 13.3. The van der Waals surface area contributed by atoms with Crippen LogP contribution < -0.4 is 5.59 Å². The van der Waals surface area contributed by atoms with Crippen molar-refractivity contribution >= 4 is 40.7 Å². The summed E-state index contributed by atoms with van der Waals surface area (Å²) < 4.78 is 39.9. The Labute approximate surface area is 218 Å². The van der Waals surface area contributed by atoms with Crippen LogP contribution in [-0.2, 0) is 19.4 Å². The summed E-state index contributed by atoms with van der Waals surface area (Å²) in [6.45, 7) is 10.1. The van der Waals surface area contributed by atoms with E-state index >= 15 is 0 Å². The number of aromatic nitrogens is 1. The van der Waals surface area contributed by atoms with Crippen molar-refractivity contribution in [2.24, 2.45) is 0 Å². The molecule has 0 atom stereocenters. The highest BCUT2D eigenvalue weighted by atomic mass is 35.5. The number of hydrogen-bond donors (Lipinski definition) is 1. The quantitative estimate of drug-likeness (QED) is 0.327. The predicted molar refractivity (Wildman–Crippen MR) is 141 cm³/mol. The van der Waals surface area contributed by atoms with E-state index in [-0.39, 0.29) is 22.8 Å². The number of rotatable bonds is 9. The van der Waals surface area contributed by atoms with Gasteiger partial charge in [0.25, 0.3) is 10.0 Å². The highest BCUT2D eigenvalue weighted by Gasteiger charge is 2.38. The topological polar surface area (TPSA) is 94.8 Å². The smallest absolute Gasteiger partial charge is 0.356 e. The van der Waals surface area contributed by atoms with Gasteiger partial charge in [0.1, 0.15) is 5.69 Å². The van der Waals surface area contributed by atoms with Gasteiger partial charge in [-0.2, -0.15) is 0 Å². The minimum Gasteiger partial charge on any atom is -0.461 e. The number of esters is 1. The Morgan fingerprint density at radius 2 is 1.69 bits per heavy atom. The van der Waals surface area contributed by atoms with Crippen LogP contribution in [0.2, 0.25) is 5.02 Å². The van der Waals surface area contributed by atoms with Gasteiger partial charge in [0.2, 0.25) is 0 Å². The number of carbonyl (C=O) groups is 1. The third kappa shape index (κ3) is 5.54. The summed E-state index contributed by atoms with van der Waals surface area (Å²) in [5.41, 5.74) is -0.767. The second-order valence-corrected chi connectivity index (χ2v) is 11.6. The number of carbonyl (C=O) groups excluding carboxylic acids is 1. The fourth-order valence-electron chi connectivity index (χ4n) is 3.39. The summed E-state index contributed by atoms with van der Waals surface area (Å²) >= 11 is 6.26. The zero-order chi connectivity index (χ0) is 26.9. The monoisotopic (exact) mass is 530 g/mol. The summed E-state index contributed by atoms with van der Waals surface area (Å²) in [6.07, 6.45) is 0. The Bertz CT molecular complexity index is 1360. The molecule has 36 heavy (non-hydrogen) atoms. The fraction of sp³-hybridized carbons (Fsp3) is 0.346. The van der Waals surface area contributed by atoms with E-state index < -0.39 is 27.2 Å². The predicted octanol–water partition coefficient (Wildman–Crippen LogP) is 4.34. The molecular formula is C26H30BClNO6S. The first kappa shape index (κ1) is 28.0. The van der Waals surface area contributed by atoms with Crippen molar-refractivity contribution in [3.8, 4) is 11.1 Å². The third-order valence-electron chi connectivity index (χ3n) is 6.17. The molecule has 10 heteroatoms. The maximum absolute atomic E-state index is 13.9. The van der Waals surface area contributed by atoms with Crippen LogP contribution in [0, 0.1) is 6.92 Å². The van der Waals surface area contributed by atoms with Gasteiger partial charge in [-0.15, -0.1) is 0 Å². The summed E-state index contributed by atoms with van der Waals surface area (Å²) in [7, 11) is -3.03. The number of aliphatic hydroxyl groups is 1. The van der Waals surface area contributed by atoms with Gasteiger partial charge >= 0.3 is 13.5 Å². The van der Waals surface area contributed by atoms with Crippen LogP contribution in [-0.4, -0.2) is 48.8 Å². The Morgan fingerprint density at radius 3 is 2.28 bits per heavy atom. The largest absolute Gasteiger partial charge is 0.461 e. The molecule has 0 fully saturated rings. The van der Waals surface area contributed by atoms with Crippen LogP contribution in [0.15, 0.2) is 59.5 Å². The van der Waals surface area contributed by atoms with E-state index in [1.54, 1.807) is 77.1 Å². The average Bonchev–Trinajstić information content (AvgIpc) is 3.20. The van der Waals surface area contributed by atoms with Crippen molar-refractivity contribution in [2.75, 3.05) is 6.61 Å². The van der Waals surface area contributed by atoms with Crippen molar-refractivity contribution in [1.82, 2.24) is 3.97 Å². The molecule has 0 saturated carbocycles. The molecule has 7 nitrogen and oxygen atoms in total. The van der Waals surface area contributed by atoms with Gasteiger partial charge < -0.3 is 14.5 Å². The van der Waals surface area contributed by atoms with Crippen LogP contribution in [0.1, 0.15) is 50.7 Å². The Morgan fingerprint density at radius 1 is 1.06 bits per heavy atom. The van der Waals surface area contributed by atoms with Crippen molar-refractivity contribution in [2.45, 2.75) is 57.6 Å². The SMILES string of the molecule is CCOC(=O)c1c(-c2cc(Cl)ccc2C)cc([B]OC(C)(C)C(C)(C)O)n1S(=O)(=O)c1ccccc1. The van der Waals surface area contributed by atoms with Crippen LogP contribution in [0.5, 0.6) is 0 Å². The molecule has 0 unspecified atom stereocenters. The van der Waals surface area contributed by atoms with Gasteiger partial charge in [-0.1, -0.05) is 35.9 Å². The summed E-state index contributed by atoms with van der Waals surface area (Å²) in [5.74, 6) is -0.812. The molecule has 0 amide bonds. The molecule has 0 aliphatic carbocycles. The second-order valence-electron chi connectivity index (χ2n) is 9.40. The number of nitrogens with zero attached hydrogens (tertiary/aromatic N) is 1. The van der Waals surface area contributed by atoms with E-state index in [4.69, 9.17) is 21.0 Å². The normalized spacial score (nSPS) is 12.4. The van der Waals surface area contributed by atoms with Crippen LogP contribution in [0.25, 0.3) is 11.1 Å². The van der Waals surface area contributed by atoms with Crippen molar-refractivity contribution in [3.63, 3.8) is 0 Å². The van der Waals surface area contributed by atoms with E-state index in [2.05, 4.69) is 0 Å². The Kier molecular flexibility index (Phi) is 8.10. The molecule has 0 bridgehead atoms. The molecule has 1 heterocycles. The molecule has 191 valence electrons. The molecule has 3 rings (SSSR count). The number of hydrogen-bond acceptors (Lipinski definition) is 6. The molecular weight excluding hydrogens is 501 g/mol. The highest BCUT2D eigenvalue weighted by molar-refractivity contribution is 7.90. The lowest BCUT2D eigenvalue weighted by atomic mass is 9.85. The zero-order valence-corrected chi connectivity index (χ0v) is 22.8. The standard InChI is InChI=1S/C26H30BClNO6S/c1-7-34-24(30)23-21(20-15-18(28)14-13-17(20)2)16-22(27-35-26(5,6)25(3,4)31)29(23)36(32,33)19-11-9-8-10-12-19/h8-16,31H,7H2,1-6H3. The van der Waals surface area contributed by atoms with E-state index in [1.165, 1.54) is 19.6 Å². The first-order valence-corrected chi connectivity index (χ1v) is 13.3. The van der Waals surface area contributed by atoms with Gasteiger partial charge in [0.15, 0.2) is 0 Å². The molecule has 0 saturated heterocycles.